The summed E-state index contributed by atoms with van der Waals surface area (Å²) in [4.78, 5) is 14.0. The van der Waals surface area contributed by atoms with Gasteiger partial charge in [-0.15, -0.1) is 0 Å². The summed E-state index contributed by atoms with van der Waals surface area (Å²) in [6.45, 7) is 1.42. The van der Waals surface area contributed by atoms with Gasteiger partial charge in [-0.1, -0.05) is 0 Å². The summed E-state index contributed by atoms with van der Waals surface area (Å²) < 4.78 is 0. The van der Waals surface area contributed by atoms with Crippen LogP contribution in [0.5, 0.6) is 5.75 Å². The fourth-order valence-corrected chi connectivity index (χ4v) is 1.59. The van der Waals surface area contributed by atoms with Crippen LogP contribution in [0.25, 0.3) is 10.9 Å². The highest BCUT2D eigenvalue weighted by atomic mass is 16.6. The number of non-ortho nitro benzene ring substituents is 1. The fraction of sp³-hybridized carbons (Fsp3) is 0.308. The van der Waals surface area contributed by atoms with E-state index in [1.807, 2.05) is 0 Å². The zero-order valence-corrected chi connectivity index (χ0v) is 11.3. The van der Waals surface area contributed by atoms with Gasteiger partial charge in [-0.3, -0.25) is 15.1 Å². The molecule has 1 heterocycles. The summed E-state index contributed by atoms with van der Waals surface area (Å²) in [5.74, 6) is -0.0498. The van der Waals surface area contributed by atoms with Gasteiger partial charge in [0.25, 0.3) is 5.69 Å². The first-order chi connectivity index (χ1) is 10.1. The molecule has 1 aromatic heterocycles. The number of nitrogens with zero attached hydrogens (tertiary/aromatic N) is 2. The molecule has 1 aromatic carbocycles. The molecule has 0 bridgehead atoms. The summed E-state index contributed by atoms with van der Waals surface area (Å²) in [7, 11) is 0. The van der Waals surface area contributed by atoms with Crippen LogP contribution in [0.3, 0.4) is 0 Å². The van der Waals surface area contributed by atoms with E-state index in [1.165, 1.54) is 18.3 Å². The maximum Gasteiger partial charge on any atom is 0.279 e. The van der Waals surface area contributed by atoms with Crippen LogP contribution < -0.4 is 5.32 Å². The summed E-state index contributed by atoms with van der Waals surface area (Å²) >= 11 is 0. The second kappa shape index (κ2) is 8.80. The predicted molar refractivity (Wildman–Crippen MR) is 77.1 cm³/mol. The molecular weight excluding hydrogens is 278 g/mol. The van der Waals surface area contributed by atoms with Crippen molar-refractivity contribution in [2.75, 3.05) is 26.3 Å². The van der Waals surface area contributed by atoms with Crippen molar-refractivity contribution < 1.29 is 20.2 Å². The Balaban J connectivity index is 0.000000270. The number of hydrogen-bond donors (Lipinski definition) is 4. The molecule has 0 saturated carbocycles. The lowest BCUT2D eigenvalue weighted by molar-refractivity contribution is -0.383. The van der Waals surface area contributed by atoms with Gasteiger partial charge in [-0.25, -0.2) is 0 Å². The van der Waals surface area contributed by atoms with Gasteiger partial charge < -0.3 is 20.6 Å². The molecule has 0 atom stereocenters. The third kappa shape index (κ3) is 4.95. The van der Waals surface area contributed by atoms with E-state index in [0.29, 0.717) is 18.5 Å². The SMILES string of the molecule is O=[N+]([O-])c1ccc(O)c2ncccc12.OCCNCCO. The minimum atomic E-state index is -0.497. The number of nitro benzene ring substituents is 1. The number of aliphatic hydroxyl groups excluding tert-OH is 2. The molecule has 0 radical (unpaired) electrons. The number of hydrogen-bond acceptors (Lipinski definition) is 7. The third-order valence-electron chi connectivity index (χ3n) is 2.50. The van der Waals surface area contributed by atoms with Crippen LogP contribution in [0, 0.1) is 10.1 Å². The number of phenolic OH excluding ortho intramolecular Hbond substituents is 1. The Morgan fingerprint density at radius 1 is 1.19 bits per heavy atom. The van der Waals surface area contributed by atoms with Gasteiger partial charge in [0.2, 0.25) is 0 Å². The van der Waals surface area contributed by atoms with Gasteiger partial charge in [0.05, 0.1) is 23.5 Å². The van der Waals surface area contributed by atoms with E-state index >= 15 is 0 Å². The second-order valence-corrected chi connectivity index (χ2v) is 3.96. The molecule has 8 heteroatoms. The number of rotatable bonds is 5. The zero-order chi connectivity index (χ0) is 15.7. The number of benzene rings is 1. The molecule has 0 aliphatic rings. The molecule has 21 heavy (non-hydrogen) atoms. The first kappa shape index (κ1) is 16.8. The largest absolute Gasteiger partial charge is 0.506 e. The number of nitro groups is 1. The van der Waals surface area contributed by atoms with E-state index in [-0.39, 0.29) is 30.2 Å². The van der Waals surface area contributed by atoms with Gasteiger partial charge in [-0.05, 0) is 18.2 Å². The molecule has 0 amide bonds. The first-order valence-electron chi connectivity index (χ1n) is 6.25. The van der Waals surface area contributed by atoms with Crippen LogP contribution >= 0.6 is 0 Å². The number of aromatic hydroxyl groups is 1. The number of nitrogens with one attached hydrogen (secondary N) is 1. The maximum absolute atomic E-state index is 10.6. The van der Waals surface area contributed by atoms with Crippen LogP contribution in [-0.4, -0.2) is 51.5 Å². The van der Waals surface area contributed by atoms with Crippen molar-refractivity contribution in [1.29, 1.82) is 0 Å². The average molecular weight is 295 g/mol. The van der Waals surface area contributed by atoms with E-state index in [9.17, 15) is 15.2 Å². The molecule has 0 fully saturated rings. The Morgan fingerprint density at radius 2 is 1.86 bits per heavy atom. The third-order valence-corrected chi connectivity index (χ3v) is 2.50. The highest BCUT2D eigenvalue weighted by molar-refractivity contribution is 5.91. The Labute approximate surface area is 120 Å². The highest BCUT2D eigenvalue weighted by Crippen LogP contribution is 2.29. The lowest BCUT2D eigenvalue weighted by Gasteiger charge is -1.99. The Kier molecular flexibility index (Phi) is 7.02. The van der Waals surface area contributed by atoms with Crippen molar-refractivity contribution >= 4 is 16.6 Å². The van der Waals surface area contributed by atoms with Crippen molar-refractivity contribution in [3.05, 3.63) is 40.6 Å². The molecule has 8 nitrogen and oxygen atoms in total. The standard InChI is InChI=1S/C9H6N2O3.C4H11NO2/c12-8-4-3-7(11(13)14)6-2-1-5-10-9(6)8;6-3-1-5-2-4-7/h1-5,12H;5-7H,1-4H2. The number of phenols is 1. The number of aliphatic hydroxyl groups is 2. The molecule has 0 spiro atoms. The second-order valence-electron chi connectivity index (χ2n) is 3.96. The van der Waals surface area contributed by atoms with Crippen LogP contribution in [-0.2, 0) is 0 Å². The van der Waals surface area contributed by atoms with Crippen molar-refractivity contribution in [3.8, 4) is 5.75 Å². The fourth-order valence-electron chi connectivity index (χ4n) is 1.59. The monoisotopic (exact) mass is 295 g/mol. The summed E-state index contributed by atoms with van der Waals surface area (Å²) in [6.07, 6.45) is 1.48. The summed E-state index contributed by atoms with van der Waals surface area (Å²) in [5.41, 5.74) is 0.201. The van der Waals surface area contributed by atoms with E-state index in [4.69, 9.17) is 10.2 Å². The lowest BCUT2D eigenvalue weighted by Crippen LogP contribution is -2.21. The van der Waals surface area contributed by atoms with E-state index in [0.717, 1.165) is 0 Å². The minimum Gasteiger partial charge on any atom is -0.506 e. The number of pyridine rings is 1. The molecule has 0 aliphatic heterocycles. The van der Waals surface area contributed by atoms with Crippen LogP contribution in [0.2, 0.25) is 0 Å². The van der Waals surface area contributed by atoms with Gasteiger partial charge >= 0.3 is 0 Å². The smallest absolute Gasteiger partial charge is 0.279 e. The van der Waals surface area contributed by atoms with Crippen LogP contribution in [0.1, 0.15) is 0 Å². The van der Waals surface area contributed by atoms with Crippen molar-refractivity contribution in [3.63, 3.8) is 0 Å². The van der Waals surface area contributed by atoms with Crippen molar-refractivity contribution in [1.82, 2.24) is 10.3 Å². The minimum absolute atomic E-state index is 0.0498. The molecule has 0 saturated heterocycles. The topological polar surface area (TPSA) is 129 Å². The zero-order valence-electron chi connectivity index (χ0n) is 11.3. The molecule has 0 unspecified atom stereocenters. The average Bonchev–Trinajstić information content (AvgIpc) is 2.49. The maximum atomic E-state index is 10.6. The van der Waals surface area contributed by atoms with Gasteiger partial charge in [0, 0.05) is 25.4 Å². The normalized spacial score (nSPS) is 10.0. The molecule has 2 aromatic rings. The molecule has 114 valence electrons. The van der Waals surface area contributed by atoms with Crippen molar-refractivity contribution in [2.24, 2.45) is 0 Å². The van der Waals surface area contributed by atoms with Crippen molar-refractivity contribution in [2.45, 2.75) is 0 Å². The van der Waals surface area contributed by atoms with Crippen LogP contribution in [0.15, 0.2) is 30.5 Å². The summed E-state index contributed by atoms with van der Waals surface area (Å²) in [6, 6.07) is 5.68. The highest BCUT2D eigenvalue weighted by Gasteiger charge is 2.13. The van der Waals surface area contributed by atoms with E-state index < -0.39 is 4.92 Å². The lowest BCUT2D eigenvalue weighted by atomic mass is 10.2. The predicted octanol–water partition coefficient (Wildman–Crippen LogP) is 0.409. The van der Waals surface area contributed by atoms with E-state index in [1.54, 1.807) is 12.1 Å². The Morgan fingerprint density at radius 3 is 2.43 bits per heavy atom. The quantitative estimate of drug-likeness (QED) is 0.357. The van der Waals surface area contributed by atoms with Gasteiger partial charge in [-0.2, -0.15) is 0 Å². The summed E-state index contributed by atoms with van der Waals surface area (Å²) in [5, 5.41) is 39.4. The molecular formula is C13H17N3O5. The molecule has 4 N–H and O–H groups in total. The first-order valence-corrected chi connectivity index (χ1v) is 6.25. The number of aromatic nitrogens is 1. The van der Waals surface area contributed by atoms with Gasteiger partial charge in [0.15, 0.2) is 0 Å². The Bertz CT molecular complexity index is 587. The van der Waals surface area contributed by atoms with Crippen LogP contribution in [0.4, 0.5) is 5.69 Å². The molecule has 0 aliphatic carbocycles. The number of fused-ring (bicyclic) bond motifs is 1. The molecule has 2 rings (SSSR count). The van der Waals surface area contributed by atoms with Gasteiger partial charge in [0.1, 0.15) is 11.3 Å². The Hall–Kier alpha value is -2.29. The van der Waals surface area contributed by atoms with E-state index in [2.05, 4.69) is 10.3 Å².